The van der Waals surface area contributed by atoms with Gasteiger partial charge in [0.2, 0.25) is 5.91 Å². The summed E-state index contributed by atoms with van der Waals surface area (Å²) in [4.78, 5) is 27.6. The number of hydrogen-bond donors (Lipinski definition) is 1. The van der Waals surface area contributed by atoms with Crippen molar-refractivity contribution in [3.05, 3.63) is 6.20 Å². The van der Waals surface area contributed by atoms with E-state index in [1.807, 2.05) is 18.7 Å². The van der Waals surface area contributed by atoms with E-state index in [0.29, 0.717) is 31.2 Å². The Hall–Kier alpha value is -1.70. The summed E-state index contributed by atoms with van der Waals surface area (Å²) < 4.78 is 3.70. The van der Waals surface area contributed by atoms with Crippen LogP contribution < -0.4 is 5.32 Å². The highest BCUT2D eigenvalue weighted by atomic mass is 32.1. The maximum Gasteiger partial charge on any atom is 0.322 e. The lowest BCUT2D eigenvalue weighted by Gasteiger charge is -2.23. The quantitative estimate of drug-likeness (QED) is 0.891. The van der Waals surface area contributed by atoms with E-state index in [4.69, 9.17) is 0 Å². The Kier molecular flexibility index (Phi) is 4.89. The fourth-order valence-corrected chi connectivity index (χ4v) is 2.52. The summed E-state index contributed by atoms with van der Waals surface area (Å²) in [5.74, 6) is 0.151. The van der Waals surface area contributed by atoms with E-state index in [2.05, 4.69) is 14.9 Å². The molecule has 1 aliphatic heterocycles. The number of rotatable bonds is 2. The molecule has 0 unspecified atom stereocenters. The highest BCUT2D eigenvalue weighted by Gasteiger charge is 2.23. The van der Waals surface area contributed by atoms with Crippen molar-refractivity contribution in [1.29, 1.82) is 0 Å². The molecule has 0 aromatic carbocycles. The van der Waals surface area contributed by atoms with Gasteiger partial charge in [-0.25, -0.2) is 4.79 Å². The van der Waals surface area contributed by atoms with E-state index in [9.17, 15) is 9.59 Å². The number of amides is 3. The summed E-state index contributed by atoms with van der Waals surface area (Å²) in [5, 5.41) is 7.07. The molecule has 0 saturated carbocycles. The van der Waals surface area contributed by atoms with Crippen LogP contribution in [0.1, 0.15) is 20.3 Å². The summed E-state index contributed by atoms with van der Waals surface area (Å²) in [6.45, 7) is 6.30. The van der Waals surface area contributed by atoms with Gasteiger partial charge in [-0.3, -0.25) is 10.1 Å². The molecule has 20 heavy (non-hydrogen) atoms. The minimum atomic E-state index is -0.158. The van der Waals surface area contributed by atoms with Crippen molar-refractivity contribution in [1.82, 2.24) is 19.4 Å². The Labute approximate surface area is 122 Å². The van der Waals surface area contributed by atoms with Gasteiger partial charge < -0.3 is 9.80 Å². The van der Waals surface area contributed by atoms with Crippen LogP contribution in [0.25, 0.3) is 0 Å². The molecule has 8 heteroatoms. The van der Waals surface area contributed by atoms with Gasteiger partial charge in [0.25, 0.3) is 0 Å². The second kappa shape index (κ2) is 6.65. The lowest BCUT2D eigenvalue weighted by molar-refractivity contribution is -0.134. The number of carbonyl (C=O) groups is 2. The summed E-state index contributed by atoms with van der Waals surface area (Å²) in [5.41, 5.74) is 0. The van der Waals surface area contributed by atoms with Crippen LogP contribution in [0.15, 0.2) is 6.20 Å². The molecule has 3 amide bonds. The van der Waals surface area contributed by atoms with Gasteiger partial charge >= 0.3 is 6.03 Å². The van der Waals surface area contributed by atoms with Crippen molar-refractivity contribution >= 4 is 28.5 Å². The molecule has 110 valence electrons. The van der Waals surface area contributed by atoms with Gasteiger partial charge in [0.05, 0.1) is 6.20 Å². The number of aromatic nitrogens is 2. The maximum atomic E-state index is 12.1. The van der Waals surface area contributed by atoms with Crippen LogP contribution in [0.5, 0.6) is 0 Å². The van der Waals surface area contributed by atoms with Gasteiger partial charge in [-0.2, -0.15) is 0 Å². The van der Waals surface area contributed by atoms with Crippen molar-refractivity contribution in [2.24, 2.45) is 5.92 Å². The Morgan fingerprint density at radius 2 is 1.95 bits per heavy atom. The Bertz CT molecular complexity index is 462. The van der Waals surface area contributed by atoms with Crippen LogP contribution >= 0.6 is 11.5 Å². The SMILES string of the molecule is CC(C)C(=O)N1CCCN(C(=O)Nc2cnns2)CC1. The molecule has 1 fully saturated rings. The van der Waals surface area contributed by atoms with Gasteiger partial charge in [0.1, 0.15) is 5.00 Å². The molecule has 1 aromatic rings. The fraction of sp³-hybridized carbons (Fsp3) is 0.667. The number of nitrogens with zero attached hydrogens (tertiary/aromatic N) is 4. The molecular weight excluding hydrogens is 278 g/mol. The third-order valence-corrected chi connectivity index (χ3v) is 3.76. The standard InChI is InChI=1S/C12H19N5O2S/c1-9(2)11(18)16-4-3-5-17(7-6-16)12(19)14-10-8-13-15-20-10/h8-9H,3-7H2,1-2H3,(H,14,19). The molecule has 1 N–H and O–H groups in total. The Balaban J connectivity index is 1.89. The molecule has 1 aromatic heterocycles. The third-order valence-electron chi connectivity index (χ3n) is 3.18. The molecule has 0 spiro atoms. The van der Waals surface area contributed by atoms with Crippen LogP contribution in [-0.2, 0) is 4.79 Å². The van der Waals surface area contributed by atoms with Gasteiger partial charge in [0.15, 0.2) is 0 Å². The van der Waals surface area contributed by atoms with E-state index in [1.165, 1.54) is 6.20 Å². The van der Waals surface area contributed by atoms with Crippen LogP contribution in [0.4, 0.5) is 9.80 Å². The molecular formula is C12H19N5O2S. The van der Waals surface area contributed by atoms with Gasteiger partial charge in [-0.15, -0.1) is 5.10 Å². The zero-order valence-corrected chi connectivity index (χ0v) is 12.5. The molecule has 0 bridgehead atoms. The largest absolute Gasteiger partial charge is 0.341 e. The van der Waals surface area contributed by atoms with Gasteiger partial charge in [0, 0.05) is 43.6 Å². The zero-order valence-electron chi connectivity index (χ0n) is 11.7. The van der Waals surface area contributed by atoms with Crippen molar-refractivity contribution in [2.45, 2.75) is 20.3 Å². The molecule has 1 saturated heterocycles. The smallest absolute Gasteiger partial charge is 0.322 e. The van der Waals surface area contributed by atoms with E-state index in [-0.39, 0.29) is 17.9 Å². The van der Waals surface area contributed by atoms with Crippen molar-refractivity contribution < 1.29 is 9.59 Å². The average molecular weight is 297 g/mol. The molecule has 0 aliphatic carbocycles. The summed E-state index contributed by atoms with van der Waals surface area (Å²) in [7, 11) is 0. The van der Waals surface area contributed by atoms with Gasteiger partial charge in [-0.05, 0) is 6.42 Å². The topological polar surface area (TPSA) is 78.4 Å². The first-order valence-electron chi connectivity index (χ1n) is 6.70. The highest BCUT2D eigenvalue weighted by molar-refractivity contribution is 7.10. The van der Waals surface area contributed by atoms with E-state index in [0.717, 1.165) is 18.0 Å². The monoisotopic (exact) mass is 297 g/mol. The van der Waals surface area contributed by atoms with Gasteiger partial charge in [-0.1, -0.05) is 18.3 Å². The zero-order chi connectivity index (χ0) is 14.5. The second-order valence-electron chi connectivity index (χ2n) is 5.03. The first kappa shape index (κ1) is 14.7. The van der Waals surface area contributed by atoms with Crippen LogP contribution in [-0.4, -0.2) is 57.5 Å². The first-order chi connectivity index (χ1) is 9.58. The lowest BCUT2D eigenvalue weighted by atomic mass is 10.2. The second-order valence-corrected chi connectivity index (χ2v) is 5.82. The third kappa shape index (κ3) is 3.66. The van der Waals surface area contributed by atoms with E-state index >= 15 is 0 Å². The molecule has 2 rings (SSSR count). The first-order valence-corrected chi connectivity index (χ1v) is 7.47. The van der Waals surface area contributed by atoms with Crippen LogP contribution in [0.3, 0.4) is 0 Å². The summed E-state index contributed by atoms with van der Waals surface area (Å²) in [6.07, 6.45) is 2.32. The van der Waals surface area contributed by atoms with E-state index < -0.39 is 0 Å². The average Bonchev–Trinajstić information content (AvgIpc) is 2.79. The maximum absolute atomic E-state index is 12.1. The summed E-state index contributed by atoms with van der Waals surface area (Å²) in [6, 6.07) is -0.158. The number of nitrogens with one attached hydrogen (secondary N) is 1. The molecule has 0 atom stereocenters. The predicted octanol–water partition coefficient (Wildman–Crippen LogP) is 1.26. The van der Waals surface area contributed by atoms with Crippen LogP contribution in [0, 0.1) is 5.92 Å². The number of anilines is 1. The van der Waals surface area contributed by atoms with Crippen LogP contribution in [0.2, 0.25) is 0 Å². The number of hydrogen-bond acceptors (Lipinski definition) is 5. The highest BCUT2D eigenvalue weighted by Crippen LogP contribution is 2.12. The van der Waals surface area contributed by atoms with Crippen molar-refractivity contribution in [3.63, 3.8) is 0 Å². The van der Waals surface area contributed by atoms with Crippen molar-refractivity contribution in [3.8, 4) is 0 Å². The van der Waals surface area contributed by atoms with E-state index in [1.54, 1.807) is 4.90 Å². The molecule has 1 aliphatic rings. The fourth-order valence-electron chi connectivity index (χ4n) is 2.11. The molecule has 2 heterocycles. The minimum absolute atomic E-state index is 0.00126. The summed E-state index contributed by atoms with van der Waals surface area (Å²) >= 11 is 1.15. The minimum Gasteiger partial charge on any atom is -0.341 e. The number of carbonyl (C=O) groups excluding carboxylic acids is 2. The molecule has 7 nitrogen and oxygen atoms in total. The Morgan fingerprint density at radius 3 is 2.60 bits per heavy atom. The predicted molar refractivity (Wildman–Crippen MR) is 76.5 cm³/mol. The molecule has 0 radical (unpaired) electrons. The number of urea groups is 1. The normalized spacial score (nSPS) is 16.1. The Morgan fingerprint density at radius 1 is 1.25 bits per heavy atom. The van der Waals surface area contributed by atoms with Crippen molar-refractivity contribution in [2.75, 3.05) is 31.5 Å². The lowest BCUT2D eigenvalue weighted by Crippen LogP contribution is -2.40.